The van der Waals surface area contributed by atoms with Crippen LogP contribution in [0.15, 0.2) is 94.7 Å². The van der Waals surface area contributed by atoms with Crippen molar-refractivity contribution in [1.29, 1.82) is 0 Å². The number of benzene rings is 2. The minimum atomic E-state index is -0.578. The Kier molecular flexibility index (Phi) is 7.85. The molecular weight excluding hydrogens is 512 g/mol. The molecule has 0 amide bonds. The highest BCUT2D eigenvalue weighted by Gasteiger charge is 2.55. The van der Waals surface area contributed by atoms with Gasteiger partial charge in [-0.3, -0.25) is 0 Å². The second-order valence-electron chi connectivity index (χ2n) is 12.6. The predicted octanol–water partition coefficient (Wildman–Crippen LogP) is 9.40. The second kappa shape index (κ2) is 10.9. The number of unbranched alkanes of at least 4 members (excludes halogenated alkanes) is 2. The molecule has 0 radical (unpaired) electrons. The van der Waals surface area contributed by atoms with Crippen LogP contribution in [0.1, 0.15) is 77.8 Å². The van der Waals surface area contributed by atoms with Gasteiger partial charge in [0, 0.05) is 53.6 Å². The summed E-state index contributed by atoms with van der Waals surface area (Å²) in [6, 6.07) is 17.4. The minimum absolute atomic E-state index is 0.0466. The lowest BCUT2D eigenvalue weighted by Crippen LogP contribution is -2.55. The van der Waals surface area contributed by atoms with Crippen LogP contribution in [-0.4, -0.2) is 26.4 Å². The van der Waals surface area contributed by atoms with Crippen LogP contribution in [0.3, 0.4) is 0 Å². The molecule has 5 rings (SSSR count). The van der Waals surface area contributed by atoms with Gasteiger partial charge in [-0.05, 0) is 65.8 Å². The topological polar surface area (TPSA) is 15.7 Å². The largest absolute Gasteiger partial charge is 0.351 e. The van der Waals surface area contributed by atoms with Gasteiger partial charge in [0.15, 0.2) is 5.72 Å². The number of para-hydroxylation sites is 2. The maximum Gasteiger partial charge on any atom is 0.169 e. The van der Waals surface area contributed by atoms with Crippen LogP contribution in [0.2, 0.25) is 0 Å². The van der Waals surface area contributed by atoms with E-state index in [0.29, 0.717) is 0 Å². The lowest BCUT2D eigenvalue weighted by atomic mass is 9.77. The number of rotatable bonds is 8. The van der Waals surface area contributed by atoms with Crippen molar-refractivity contribution < 1.29 is 4.74 Å². The molecule has 0 N–H and O–H groups in total. The van der Waals surface area contributed by atoms with E-state index < -0.39 is 5.72 Å². The molecular formula is C36H45ClN2O. The lowest BCUT2D eigenvalue weighted by molar-refractivity contribution is -0.0480. The molecule has 0 fully saturated rings. The van der Waals surface area contributed by atoms with Gasteiger partial charge in [-0.25, -0.2) is 0 Å². The molecule has 0 bridgehead atoms. The molecule has 3 nitrogen and oxygen atoms in total. The summed E-state index contributed by atoms with van der Waals surface area (Å²) in [5, 5.41) is 0.876. The molecule has 0 spiro atoms. The van der Waals surface area contributed by atoms with Crippen molar-refractivity contribution in [2.45, 2.75) is 83.3 Å². The molecule has 1 unspecified atom stereocenters. The number of allylic oxidation sites excluding steroid dienone is 7. The molecule has 0 saturated carbocycles. The maximum atomic E-state index is 7.06. The third-order valence-electron chi connectivity index (χ3n) is 9.52. The highest BCUT2D eigenvalue weighted by atomic mass is 35.5. The number of likely N-dealkylation sites (N-methyl/N-ethyl adjacent to an activating group) is 2. The molecule has 1 atom stereocenters. The second-order valence-corrected chi connectivity index (χ2v) is 12.9. The van der Waals surface area contributed by atoms with Crippen molar-refractivity contribution in [3.8, 4) is 0 Å². The zero-order valence-electron chi connectivity index (χ0n) is 25.4. The Morgan fingerprint density at radius 3 is 2.23 bits per heavy atom. The number of halogens is 1. The van der Waals surface area contributed by atoms with Gasteiger partial charge in [-0.1, -0.05) is 108 Å². The smallest absolute Gasteiger partial charge is 0.169 e. The van der Waals surface area contributed by atoms with Gasteiger partial charge in [0.1, 0.15) is 0 Å². The van der Waals surface area contributed by atoms with Crippen LogP contribution in [0, 0.1) is 0 Å². The van der Waals surface area contributed by atoms with Crippen LogP contribution in [0.4, 0.5) is 11.4 Å². The Hall–Kier alpha value is -2.75. The van der Waals surface area contributed by atoms with Crippen molar-refractivity contribution >= 4 is 23.0 Å². The Bertz CT molecular complexity index is 1400. The fourth-order valence-electron chi connectivity index (χ4n) is 7.01. The quantitative estimate of drug-likeness (QED) is 0.301. The Morgan fingerprint density at radius 1 is 0.875 bits per heavy atom. The maximum absolute atomic E-state index is 7.06. The SMILES string of the molecule is CCCCCOC1(C=CC2=C(Cl)C(=CC=C3N(C)c4ccccc4C3(C)C)CC2)N(C)c2ccccc2C1(C)C. The van der Waals surface area contributed by atoms with E-state index in [1.54, 1.807) is 0 Å². The average Bonchev–Trinajstić information content (AvgIpc) is 3.45. The van der Waals surface area contributed by atoms with Gasteiger partial charge in [-0.2, -0.15) is 0 Å². The van der Waals surface area contributed by atoms with Gasteiger partial charge < -0.3 is 14.5 Å². The van der Waals surface area contributed by atoms with Crippen molar-refractivity contribution in [2.24, 2.45) is 0 Å². The van der Waals surface area contributed by atoms with Crippen molar-refractivity contribution in [3.05, 3.63) is 106 Å². The molecule has 2 aromatic carbocycles. The number of fused-ring (bicyclic) bond motifs is 2. The monoisotopic (exact) mass is 556 g/mol. The fraction of sp³-hybridized carbons (Fsp3) is 0.444. The van der Waals surface area contributed by atoms with Gasteiger partial charge in [0.25, 0.3) is 0 Å². The van der Waals surface area contributed by atoms with E-state index in [1.807, 2.05) is 0 Å². The summed E-state index contributed by atoms with van der Waals surface area (Å²) >= 11 is 7.06. The number of nitrogens with zero attached hydrogens (tertiary/aromatic N) is 2. The van der Waals surface area contributed by atoms with Crippen LogP contribution in [-0.2, 0) is 15.6 Å². The fourth-order valence-corrected chi connectivity index (χ4v) is 7.33. The normalized spacial score (nSPS) is 25.1. The molecule has 0 saturated heterocycles. The van der Waals surface area contributed by atoms with Crippen LogP contribution in [0.25, 0.3) is 0 Å². The Morgan fingerprint density at radius 2 is 1.55 bits per heavy atom. The number of hydrogen-bond donors (Lipinski definition) is 0. The minimum Gasteiger partial charge on any atom is -0.351 e. The first kappa shape index (κ1) is 28.8. The highest BCUT2D eigenvalue weighted by Crippen LogP contribution is 2.53. The van der Waals surface area contributed by atoms with Gasteiger partial charge in [0.05, 0.1) is 0 Å². The lowest BCUT2D eigenvalue weighted by Gasteiger charge is -2.44. The molecule has 2 heterocycles. The average molecular weight is 557 g/mol. The molecule has 2 aromatic rings. The van der Waals surface area contributed by atoms with Gasteiger partial charge in [-0.15, -0.1) is 0 Å². The summed E-state index contributed by atoms with van der Waals surface area (Å²) in [6.45, 7) is 12.2. The number of ether oxygens (including phenoxy) is 1. The van der Waals surface area contributed by atoms with E-state index in [0.717, 1.165) is 30.9 Å². The molecule has 2 aliphatic heterocycles. The number of hydrogen-bond acceptors (Lipinski definition) is 3. The summed E-state index contributed by atoms with van der Waals surface area (Å²) in [6.07, 6.45) is 14.3. The predicted molar refractivity (Wildman–Crippen MR) is 171 cm³/mol. The molecule has 40 heavy (non-hydrogen) atoms. The first-order valence-electron chi connectivity index (χ1n) is 14.9. The summed E-state index contributed by atoms with van der Waals surface area (Å²) in [5.41, 5.74) is 8.04. The first-order chi connectivity index (χ1) is 19.1. The first-order valence-corrected chi connectivity index (χ1v) is 15.2. The van der Waals surface area contributed by atoms with Crippen LogP contribution in [0.5, 0.6) is 0 Å². The van der Waals surface area contributed by atoms with Crippen molar-refractivity contribution in [3.63, 3.8) is 0 Å². The zero-order valence-corrected chi connectivity index (χ0v) is 26.1. The summed E-state index contributed by atoms with van der Waals surface area (Å²) in [5.74, 6) is 0. The van der Waals surface area contributed by atoms with E-state index in [1.165, 1.54) is 52.2 Å². The summed E-state index contributed by atoms with van der Waals surface area (Å²) in [7, 11) is 4.33. The van der Waals surface area contributed by atoms with Crippen molar-refractivity contribution in [2.75, 3.05) is 30.5 Å². The third kappa shape index (κ3) is 4.56. The van der Waals surface area contributed by atoms with E-state index in [2.05, 4.69) is 131 Å². The zero-order chi connectivity index (χ0) is 28.7. The van der Waals surface area contributed by atoms with E-state index in [4.69, 9.17) is 16.3 Å². The van der Waals surface area contributed by atoms with Crippen LogP contribution >= 0.6 is 11.6 Å². The van der Waals surface area contributed by atoms with E-state index in [9.17, 15) is 0 Å². The van der Waals surface area contributed by atoms with Crippen LogP contribution < -0.4 is 9.80 Å². The standard InChI is InChI=1S/C36H45ClN2O/c1-8-9-14-25-40-36(35(4,5)29-16-11-13-18-31(29)39(36)7)24-23-27-20-19-26(33(27)37)21-22-32-34(2,3)28-15-10-12-17-30(28)38(32)6/h10-13,15-18,21-24H,8-9,14,19-20,25H2,1-7H3. The molecule has 4 heteroatoms. The molecule has 212 valence electrons. The number of anilines is 2. The molecule has 1 aliphatic carbocycles. The van der Waals surface area contributed by atoms with Gasteiger partial charge >= 0.3 is 0 Å². The molecule has 3 aliphatic rings. The van der Waals surface area contributed by atoms with E-state index >= 15 is 0 Å². The van der Waals surface area contributed by atoms with E-state index in [-0.39, 0.29) is 10.8 Å². The van der Waals surface area contributed by atoms with Gasteiger partial charge in [0.2, 0.25) is 0 Å². The summed E-state index contributed by atoms with van der Waals surface area (Å²) < 4.78 is 6.85. The molecule has 0 aromatic heterocycles. The highest BCUT2D eigenvalue weighted by molar-refractivity contribution is 6.33. The Balaban J connectivity index is 1.45. The van der Waals surface area contributed by atoms with Crippen molar-refractivity contribution in [1.82, 2.24) is 0 Å². The summed E-state index contributed by atoms with van der Waals surface area (Å²) in [4.78, 5) is 4.64. The third-order valence-corrected chi connectivity index (χ3v) is 10.0. The Labute approximate surface area is 246 Å².